The Bertz CT molecular complexity index is 1210. The molecule has 5 rings (SSSR count). The zero-order valence-electron chi connectivity index (χ0n) is 19.4. The van der Waals surface area contributed by atoms with Gasteiger partial charge in [-0.15, -0.1) is 0 Å². The summed E-state index contributed by atoms with van der Waals surface area (Å²) in [5.41, 5.74) is 2.06. The summed E-state index contributed by atoms with van der Waals surface area (Å²) in [6.07, 6.45) is 0.212. The number of amides is 2. The minimum absolute atomic E-state index is 0.0103. The van der Waals surface area contributed by atoms with Crippen molar-refractivity contribution in [3.05, 3.63) is 89.5 Å². The molecule has 0 fully saturated rings. The van der Waals surface area contributed by atoms with Gasteiger partial charge in [0.05, 0.1) is 20.6 Å². The average Bonchev–Trinajstić information content (AvgIpc) is 2.87. The lowest BCUT2D eigenvalue weighted by atomic mass is 10.0. The maximum atomic E-state index is 13.3. The fourth-order valence-corrected chi connectivity index (χ4v) is 3.90. The number of carbonyl (C=O) groups is 3. The van der Waals surface area contributed by atoms with Crippen LogP contribution in [0.15, 0.2) is 72.8 Å². The van der Waals surface area contributed by atoms with E-state index in [2.05, 4.69) is 10.6 Å². The first-order valence-corrected chi connectivity index (χ1v) is 11.1. The Balaban J connectivity index is 1.75. The standard InChI is InChI=1S/C27H26N2O6/c1-33-22-13-10-18-15-23(22)35-20-11-8-17(9-12-20)14-21(27(32)34-2)28-26(31)25(29-24(30)16-18)19-6-4-3-5-7-19/h3-13,15,21,25H,14,16H2,1-2H3,(H,28,31)(H,29,30)/t21-,25+/m0/s1. The van der Waals surface area contributed by atoms with Crippen molar-refractivity contribution in [1.29, 1.82) is 0 Å². The number of hydrogen-bond acceptors (Lipinski definition) is 6. The highest BCUT2D eigenvalue weighted by Crippen LogP contribution is 2.33. The molecule has 0 spiro atoms. The average molecular weight is 475 g/mol. The summed E-state index contributed by atoms with van der Waals surface area (Å²) in [4.78, 5) is 38.8. The quantitative estimate of drug-likeness (QED) is 0.566. The fraction of sp³-hybridized carbons (Fsp3) is 0.222. The van der Waals surface area contributed by atoms with Gasteiger partial charge in [-0.05, 0) is 41.0 Å². The van der Waals surface area contributed by atoms with Crippen molar-refractivity contribution in [3.63, 3.8) is 0 Å². The molecule has 35 heavy (non-hydrogen) atoms. The molecule has 2 atom stereocenters. The van der Waals surface area contributed by atoms with Gasteiger partial charge in [-0.25, -0.2) is 4.79 Å². The van der Waals surface area contributed by atoms with Gasteiger partial charge in [0.2, 0.25) is 11.8 Å². The Morgan fingerprint density at radius 3 is 2.31 bits per heavy atom. The molecule has 8 nitrogen and oxygen atoms in total. The lowest BCUT2D eigenvalue weighted by Gasteiger charge is -2.23. The van der Waals surface area contributed by atoms with Gasteiger partial charge in [-0.2, -0.15) is 0 Å². The second-order valence-corrected chi connectivity index (χ2v) is 8.11. The first kappa shape index (κ1) is 23.8. The number of fused-ring (bicyclic) bond motifs is 9. The first-order valence-electron chi connectivity index (χ1n) is 11.1. The second-order valence-electron chi connectivity index (χ2n) is 8.11. The minimum Gasteiger partial charge on any atom is -0.493 e. The third-order valence-electron chi connectivity index (χ3n) is 5.69. The van der Waals surface area contributed by atoms with Crippen LogP contribution in [0.25, 0.3) is 0 Å². The zero-order valence-corrected chi connectivity index (χ0v) is 19.4. The van der Waals surface area contributed by atoms with Crippen LogP contribution in [0.5, 0.6) is 17.2 Å². The molecule has 0 aromatic heterocycles. The predicted octanol–water partition coefficient (Wildman–Crippen LogP) is 3.10. The van der Waals surface area contributed by atoms with Crippen molar-refractivity contribution < 1.29 is 28.6 Å². The number of benzene rings is 3. The maximum absolute atomic E-state index is 13.3. The predicted molar refractivity (Wildman–Crippen MR) is 128 cm³/mol. The number of hydrogen-bond donors (Lipinski definition) is 2. The zero-order chi connectivity index (χ0) is 24.8. The van der Waals surface area contributed by atoms with Crippen molar-refractivity contribution in [2.75, 3.05) is 14.2 Å². The molecule has 3 aromatic rings. The normalized spacial score (nSPS) is 18.1. The number of ether oxygens (including phenoxy) is 3. The summed E-state index contributed by atoms with van der Waals surface area (Å²) in [6, 6.07) is 19.3. The maximum Gasteiger partial charge on any atom is 0.328 e. The van der Waals surface area contributed by atoms with Crippen LogP contribution in [-0.2, 0) is 32.0 Å². The Labute approximate surface area is 203 Å². The van der Waals surface area contributed by atoms with Gasteiger partial charge in [-0.3, -0.25) is 9.59 Å². The van der Waals surface area contributed by atoms with Crippen molar-refractivity contribution >= 4 is 17.8 Å². The van der Waals surface area contributed by atoms with Crippen LogP contribution in [0.3, 0.4) is 0 Å². The highest BCUT2D eigenvalue weighted by molar-refractivity contribution is 5.92. The second kappa shape index (κ2) is 10.7. The Morgan fingerprint density at radius 2 is 1.63 bits per heavy atom. The van der Waals surface area contributed by atoms with Crippen LogP contribution in [0, 0.1) is 0 Å². The van der Waals surface area contributed by atoms with E-state index in [0.717, 1.165) is 5.56 Å². The summed E-state index contributed by atoms with van der Waals surface area (Å²) >= 11 is 0. The molecule has 180 valence electrons. The summed E-state index contributed by atoms with van der Waals surface area (Å²) in [7, 11) is 2.81. The smallest absolute Gasteiger partial charge is 0.328 e. The summed E-state index contributed by atoms with van der Waals surface area (Å²) < 4.78 is 16.3. The molecule has 4 bridgehead atoms. The molecule has 0 unspecified atom stereocenters. The van der Waals surface area contributed by atoms with E-state index in [4.69, 9.17) is 14.2 Å². The molecule has 3 aromatic carbocycles. The van der Waals surface area contributed by atoms with Crippen LogP contribution in [0.1, 0.15) is 22.7 Å². The van der Waals surface area contributed by atoms with Crippen LogP contribution in [0.4, 0.5) is 0 Å². The van der Waals surface area contributed by atoms with Crippen molar-refractivity contribution in [2.45, 2.75) is 24.9 Å². The number of carbonyl (C=O) groups excluding carboxylic acids is 3. The van der Waals surface area contributed by atoms with E-state index in [1.165, 1.54) is 7.11 Å². The molecular formula is C27H26N2O6. The van der Waals surface area contributed by atoms with Crippen LogP contribution in [0.2, 0.25) is 0 Å². The third kappa shape index (κ3) is 5.78. The van der Waals surface area contributed by atoms with Crippen LogP contribution in [-0.4, -0.2) is 38.0 Å². The van der Waals surface area contributed by atoms with Gasteiger partial charge in [0, 0.05) is 6.42 Å². The van der Waals surface area contributed by atoms with Crippen molar-refractivity contribution in [2.24, 2.45) is 0 Å². The van der Waals surface area contributed by atoms with E-state index >= 15 is 0 Å². The van der Waals surface area contributed by atoms with E-state index in [-0.39, 0.29) is 18.7 Å². The van der Waals surface area contributed by atoms with Crippen LogP contribution >= 0.6 is 0 Å². The SMILES string of the molecule is COC(=O)[C@@H]1Cc2ccc(cc2)Oc2cc(ccc2OC)CC(=O)N[C@H](c2ccccc2)C(=O)N1. The highest BCUT2D eigenvalue weighted by atomic mass is 16.5. The number of nitrogens with one attached hydrogen (secondary N) is 2. The van der Waals surface area contributed by atoms with Crippen molar-refractivity contribution in [1.82, 2.24) is 10.6 Å². The van der Waals surface area contributed by atoms with Crippen LogP contribution < -0.4 is 20.1 Å². The Kier molecular flexibility index (Phi) is 7.30. The molecule has 0 radical (unpaired) electrons. The van der Waals surface area contributed by atoms with E-state index in [0.29, 0.717) is 28.4 Å². The summed E-state index contributed by atoms with van der Waals surface area (Å²) in [5, 5.41) is 5.55. The van der Waals surface area contributed by atoms with Gasteiger partial charge in [0.15, 0.2) is 11.5 Å². The summed E-state index contributed by atoms with van der Waals surface area (Å²) in [5.74, 6) is 0.0767. The Hall–Kier alpha value is -4.33. The minimum atomic E-state index is -1.000. The van der Waals surface area contributed by atoms with E-state index < -0.39 is 24.0 Å². The first-order chi connectivity index (χ1) is 17.0. The Morgan fingerprint density at radius 1 is 0.914 bits per heavy atom. The molecule has 8 heteroatoms. The molecule has 2 amide bonds. The number of esters is 1. The topological polar surface area (TPSA) is 103 Å². The van der Waals surface area contributed by atoms with Gasteiger partial charge in [0.25, 0.3) is 0 Å². The monoisotopic (exact) mass is 474 g/mol. The lowest BCUT2D eigenvalue weighted by molar-refractivity contribution is -0.145. The molecule has 0 saturated carbocycles. The fourth-order valence-electron chi connectivity index (χ4n) is 3.90. The largest absolute Gasteiger partial charge is 0.493 e. The number of rotatable bonds is 3. The van der Waals surface area contributed by atoms with E-state index in [9.17, 15) is 14.4 Å². The van der Waals surface area contributed by atoms with Crippen molar-refractivity contribution in [3.8, 4) is 17.2 Å². The van der Waals surface area contributed by atoms with E-state index in [1.807, 2.05) is 18.2 Å². The number of methoxy groups -OCH3 is 2. The molecular weight excluding hydrogens is 448 g/mol. The molecule has 2 aliphatic rings. The summed E-state index contributed by atoms with van der Waals surface area (Å²) in [6.45, 7) is 0. The molecule has 0 saturated heterocycles. The van der Waals surface area contributed by atoms with Gasteiger partial charge >= 0.3 is 5.97 Å². The molecule has 2 N–H and O–H groups in total. The lowest BCUT2D eigenvalue weighted by Crippen LogP contribution is -2.48. The highest BCUT2D eigenvalue weighted by Gasteiger charge is 2.29. The molecule has 2 aliphatic heterocycles. The third-order valence-corrected chi connectivity index (χ3v) is 5.69. The molecule has 0 aliphatic carbocycles. The molecule has 2 heterocycles. The van der Waals surface area contributed by atoms with E-state index in [1.54, 1.807) is 61.7 Å². The van der Waals surface area contributed by atoms with Gasteiger partial charge in [0.1, 0.15) is 17.8 Å². The van der Waals surface area contributed by atoms with Gasteiger partial charge < -0.3 is 24.8 Å². The van der Waals surface area contributed by atoms with Gasteiger partial charge in [-0.1, -0.05) is 48.5 Å².